The number of rotatable bonds is 7. The van der Waals surface area contributed by atoms with E-state index in [9.17, 15) is 4.79 Å². The maximum Gasteiger partial charge on any atom is 0.331 e. The second-order valence-corrected chi connectivity index (χ2v) is 3.32. The molecule has 0 aliphatic rings. The van der Waals surface area contributed by atoms with Gasteiger partial charge < -0.3 is 9.84 Å². The summed E-state index contributed by atoms with van der Waals surface area (Å²) in [4.78, 5) is 10.6. The molecule has 3 heteroatoms. The largest absolute Gasteiger partial charge is 0.478 e. The van der Waals surface area contributed by atoms with E-state index in [1.807, 2.05) is 13.8 Å². The molecule has 0 fully saturated rings. The zero-order valence-corrected chi connectivity index (χ0v) is 9.25. The smallest absolute Gasteiger partial charge is 0.331 e. The number of hydrogen-bond acceptors (Lipinski definition) is 2. The molecule has 0 aliphatic heterocycles. The Morgan fingerprint density at radius 2 is 2.14 bits per heavy atom. The summed E-state index contributed by atoms with van der Waals surface area (Å²) in [6, 6.07) is 0. The molecular formula is C11H20O3. The van der Waals surface area contributed by atoms with E-state index in [1.54, 1.807) is 6.08 Å². The van der Waals surface area contributed by atoms with Crippen LogP contribution in [-0.4, -0.2) is 23.8 Å². The summed E-state index contributed by atoms with van der Waals surface area (Å²) in [7, 11) is 0. The zero-order chi connectivity index (χ0) is 11.0. The minimum Gasteiger partial charge on any atom is -0.478 e. The van der Waals surface area contributed by atoms with Crippen molar-refractivity contribution in [2.75, 3.05) is 6.61 Å². The molecule has 0 bridgehead atoms. The third-order valence-corrected chi connectivity index (χ3v) is 2.06. The van der Waals surface area contributed by atoms with Crippen LogP contribution in [0.4, 0.5) is 0 Å². The fourth-order valence-electron chi connectivity index (χ4n) is 1.19. The summed E-state index contributed by atoms with van der Waals surface area (Å²) in [5.41, 5.74) is 0.425. The van der Waals surface area contributed by atoms with E-state index in [2.05, 4.69) is 6.92 Å². The Bertz CT molecular complexity index is 197. The molecule has 3 nitrogen and oxygen atoms in total. The molecule has 14 heavy (non-hydrogen) atoms. The predicted molar refractivity (Wildman–Crippen MR) is 56.3 cm³/mol. The molecule has 1 unspecified atom stereocenters. The molecule has 0 amide bonds. The van der Waals surface area contributed by atoms with E-state index in [1.165, 1.54) is 0 Å². The van der Waals surface area contributed by atoms with Gasteiger partial charge in [-0.05, 0) is 25.8 Å². The van der Waals surface area contributed by atoms with Crippen LogP contribution < -0.4 is 0 Å². The van der Waals surface area contributed by atoms with Gasteiger partial charge in [-0.3, -0.25) is 0 Å². The van der Waals surface area contributed by atoms with Gasteiger partial charge in [0.15, 0.2) is 0 Å². The highest BCUT2D eigenvalue weighted by atomic mass is 16.5. The number of aliphatic carboxylic acids is 1. The normalized spacial score (nSPS) is 14.1. The van der Waals surface area contributed by atoms with E-state index < -0.39 is 5.97 Å². The average Bonchev–Trinajstić information content (AvgIpc) is 2.12. The fourth-order valence-corrected chi connectivity index (χ4v) is 1.19. The van der Waals surface area contributed by atoms with Gasteiger partial charge in [0.05, 0.1) is 12.7 Å². The summed E-state index contributed by atoms with van der Waals surface area (Å²) < 4.78 is 5.43. The molecule has 0 radical (unpaired) electrons. The Kier molecular flexibility index (Phi) is 7.11. The van der Waals surface area contributed by atoms with E-state index in [0.717, 1.165) is 12.8 Å². The first-order chi connectivity index (χ1) is 6.61. The molecule has 0 saturated heterocycles. The lowest BCUT2D eigenvalue weighted by Crippen LogP contribution is -2.09. The van der Waals surface area contributed by atoms with Crippen LogP contribution in [-0.2, 0) is 9.53 Å². The molecule has 0 heterocycles. The van der Waals surface area contributed by atoms with Crippen LogP contribution >= 0.6 is 0 Å². The van der Waals surface area contributed by atoms with Gasteiger partial charge in [0.25, 0.3) is 0 Å². The first kappa shape index (κ1) is 13.2. The molecule has 0 aromatic carbocycles. The maximum atomic E-state index is 10.6. The standard InChI is InChI=1S/C11H20O3/c1-4-6-9(3)14-8-7-10(5-2)11(12)13/h7,9H,4-6,8H2,1-3H3,(H,12,13)/b10-7-. The first-order valence-corrected chi connectivity index (χ1v) is 5.15. The number of hydrogen-bond donors (Lipinski definition) is 1. The highest BCUT2D eigenvalue weighted by Crippen LogP contribution is 2.04. The van der Waals surface area contributed by atoms with Crippen molar-refractivity contribution < 1.29 is 14.6 Å². The number of carbonyl (C=O) groups is 1. The molecule has 1 N–H and O–H groups in total. The van der Waals surface area contributed by atoms with Crippen molar-refractivity contribution in [1.82, 2.24) is 0 Å². The minimum atomic E-state index is -0.848. The van der Waals surface area contributed by atoms with Crippen molar-refractivity contribution in [1.29, 1.82) is 0 Å². The lowest BCUT2D eigenvalue weighted by Gasteiger charge is -2.09. The van der Waals surface area contributed by atoms with Crippen molar-refractivity contribution in [3.63, 3.8) is 0 Å². The van der Waals surface area contributed by atoms with Gasteiger partial charge in [0.1, 0.15) is 0 Å². The van der Waals surface area contributed by atoms with Gasteiger partial charge in [-0.15, -0.1) is 0 Å². The van der Waals surface area contributed by atoms with Crippen molar-refractivity contribution in [3.05, 3.63) is 11.6 Å². The van der Waals surface area contributed by atoms with Gasteiger partial charge in [-0.2, -0.15) is 0 Å². The van der Waals surface area contributed by atoms with Gasteiger partial charge in [-0.1, -0.05) is 20.3 Å². The average molecular weight is 200 g/mol. The lowest BCUT2D eigenvalue weighted by molar-refractivity contribution is -0.132. The molecule has 0 spiro atoms. The molecule has 1 atom stereocenters. The fraction of sp³-hybridized carbons (Fsp3) is 0.727. The van der Waals surface area contributed by atoms with Crippen LogP contribution in [0.3, 0.4) is 0 Å². The van der Waals surface area contributed by atoms with Crippen LogP contribution in [0.15, 0.2) is 11.6 Å². The van der Waals surface area contributed by atoms with Crippen molar-refractivity contribution >= 4 is 5.97 Å². The molecular weight excluding hydrogens is 180 g/mol. The highest BCUT2D eigenvalue weighted by molar-refractivity contribution is 5.86. The number of carboxylic acid groups (broad SMARTS) is 1. The number of ether oxygens (including phenoxy) is 1. The monoisotopic (exact) mass is 200 g/mol. The summed E-state index contributed by atoms with van der Waals surface area (Å²) in [6.45, 7) is 6.33. The highest BCUT2D eigenvalue weighted by Gasteiger charge is 2.04. The predicted octanol–water partition coefficient (Wildman–Crippen LogP) is 2.61. The molecule has 0 saturated carbocycles. The third-order valence-electron chi connectivity index (χ3n) is 2.06. The first-order valence-electron chi connectivity index (χ1n) is 5.15. The second kappa shape index (κ2) is 7.56. The van der Waals surface area contributed by atoms with E-state index >= 15 is 0 Å². The summed E-state index contributed by atoms with van der Waals surface area (Å²) in [5.74, 6) is -0.848. The van der Waals surface area contributed by atoms with Crippen LogP contribution in [0.25, 0.3) is 0 Å². The molecule has 82 valence electrons. The van der Waals surface area contributed by atoms with Crippen molar-refractivity contribution in [3.8, 4) is 0 Å². The van der Waals surface area contributed by atoms with Gasteiger partial charge in [0.2, 0.25) is 0 Å². The van der Waals surface area contributed by atoms with Crippen molar-refractivity contribution in [2.45, 2.75) is 46.1 Å². The Morgan fingerprint density at radius 1 is 1.50 bits per heavy atom. The summed E-state index contributed by atoms with van der Waals surface area (Å²) in [6.07, 6.45) is 4.51. The Hall–Kier alpha value is -0.830. The summed E-state index contributed by atoms with van der Waals surface area (Å²) in [5, 5.41) is 8.72. The minimum absolute atomic E-state index is 0.211. The second-order valence-electron chi connectivity index (χ2n) is 3.32. The van der Waals surface area contributed by atoms with Crippen LogP contribution in [0.5, 0.6) is 0 Å². The van der Waals surface area contributed by atoms with Gasteiger partial charge >= 0.3 is 5.97 Å². The lowest BCUT2D eigenvalue weighted by atomic mass is 10.2. The van der Waals surface area contributed by atoms with E-state index in [0.29, 0.717) is 18.6 Å². The molecule has 0 aromatic rings. The Labute approximate surface area is 85.8 Å². The van der Waals surface area contributed by atoms with Crippen molar-refractivity contribution in [2.24, 2.45) is 0 Å². The van der Waals surface area contributed by atoms with Gasteiger partial charge in [0, 0.05) is 5.57 Å². The SMILES string of the molecule is CCCC(C)OC/C=C(/CC)C(=O)O. The van der Waals surface area contributed by atoms with Crippen LogP contribution in [0.2, 0.25) is 0 Å². The maximum absolute atomic E-state index is 10.6. The quantitative estimate of drug-likeness (QED) is 0.642. The molecule has 0 aliphatic carbocycles. The Morgan fingerprint density at radius 3 is 2.57 bits per heavy atom. The third kappa shape index (κ3) is 5.75. The van der Waals surface area contributed by atoms with Crippen LogP contribution in [0, 0.1) is 0 Å². The van der Waals surface area contributed by atoms with E-state index in [-0.39, 0.29) is 6.10 Å². The number of carboxylic acids is 1. The van der Waals surface area contributed by atoms with Crippen LogP contribution in [0.1, 0.15) is 40.0 Å². The molecule has 0 rings (SSSR count). The zero-order valence-electron chi connectivity index (χ0n) is 9.25. The topological polar surface area (TPSA) is 46.5 Å². The van der Waals surface area contributed by atoms with E-state index in [4.69, 9.17) is 9.84 Å². The summed E-state index contributed by atoms with van der Waals surface area (Å²) >= 11 is 0. The van der Waals surface area contributed by atoms with Gasteiger partial charge in [-0.25, -0.2) is 4.79 Å². The molecule has 0 aromatic heterocycles. The Balaban J connectivity index is 3.84.